The van der Waals surface area contributed by atoms with Gasteiger partial charge in [0.1, 0.15) is 5.15 Å². The minimum Gasteiger partial charge on any atom is -0.462 e. The number of aromatic nitrogens is 2. The van der Waals surface area contributed by atoms with Crippen molar-refractivity contribution in [2.75, 3.05) is 0 Å². The summed E-state index contributed by atoms with van der Waals surface area (Å²) in [5.74, 6) is -2.33. The summed E-state index contributed by atoms with van der Waals surface area (Å²) >= 11 is 5.65. The van der Waals surface area contributed by atoms with Gasteiger partial charge in [-0.25, -0.2) is 4.98 Å². The number of nitrogens with zero attached hydrogens (tertiary/aromatic N) is 2. The minimum atomic E-state index is -1.06. The largest absolute Gasteiger partial charge is 0.462 e. The Morgan fingerprint density at radius 3 is 1.95 bits per heavy atom. The second kappa shape index (κ2) is 7.93. The van der Waals surface area contributed by atoms with Crippen LogP contribution in [0.2, 0.25) is 5.15 Å². The molecule has 1 aromatic heterocycles. The number of rotatable bonds is 6. The summed E-state index contributed by atoms with van der Waals surface area (Å²) in [6.45, 7) is 6.85. The van der Waals surface area contributed by atoms with Crippen molar-refractivity contribution < 1.29 is 19.1 Å². The van der Waals surface area contributed by atoms with E-state index >= 15 is 0 Å². The molecular formula is C14H19ClN2O4. The number of carbonyl (C=O) groups is 2. The van der Waals surface area contributed by atoms with Crippen molar-refractivity contribution in [2.24, 2.45) is 5.92 Å². The molecule has 0 aliphatic rings. The molecule has 0 spiro atoms. The smallest absolute Gasteiger partial charge is 0.320 e. The van der Waals surface area contributed by atoms with Crippen molar-refractivity contribution >= 4 is 23.5 Å². The molecule has 1 aromatic rings. The third kappa shape index (κ3) is 6.08. The summed E-state index contributed by atoms with van der Waals surface area (Å²) in [7, 11) is 0. The summed E-state index contributed by atoms with van der Waals surface area (Å²) in [6.07, 6.45) is 2.20. The van der Waals surface area contributed by atoms with Crippen molar-refractivity contribution in [3.05, 3.63) is 23.2 Å². The molecule has 0 aliphatic heterocycles. The lowest BCUT2D eigenvalue weighted by atomic mass is 10.0. The van der Waals surface area contributed by atoms with Gasteiger partial charge in [0.15, 0.2) is 5.92 Å². The quantitative estimate of drug-likeness (QED) is 0.591. The highest BCUT2D eigenvalue weighted by atomic mass is 35.5. The molecule has 116 valence electrons. The summed E-state index contributed by atoms with van der Waals surface area (Å²) in [5.41, 5.74) is 0.464. The maximum atomic E-state index is 12.1. The van der Waals surface area contributed by atoms with E-state index in [4.69, 9.17) is 21.1 Å². The summed E-state index contributed by atoms with van der Waals surface area (Å²) < 4.78 is 10.2. The molecule has 7 heteroatoms. The lowest BCUT2D eigenvalue weighted by molar-refractivity contribution is -0.166. The Morgan fingerprint density at radius 1 is 1.05 bits per heavy atom. The Morgan fingerprint density at radius 2 is 1.57 bits per heavy atom. The molecule has 0 saturated heterocycles. The fourth-order valence-electron chi connectivity index (χ4n) is 1.55. The van der Waals surface area contributed by atoms with Gasteiger partial charge in [-0.3, -0.25) is 14.6 Å². The van der Waals surface area contributed by atoms with E-state index in [9.17, 15) is 9.59 Å². The third-order valence-corrected chi connectivity index (χ3v) is 2.55. The molecule has 0 bridgehead atoms. The van der Waals surface area contributed by atoms with Gasteiger partial charge in [0.25, 0.3) is 0 Å². The fourth-order valence-corrected chi connectivity index (χ4v) is 1.64. The van der Waals surface area contributed by atoms with Crippen LogP contribution in [-0.4, -0.2) is 34.1 Å². The van der Waals surface area contributed by atoms with Gasteiger partial charge in [-0.05, 0) is 27.7 Å². The zero-order valence-electron chi connectivity index (χ0n) is 12.5. The SMILES string of the molecule is CC(C)OC(=O)C(Cc1cnc(Cl)cn1)C(=O)OC(C)C. The van der Waals surface area contributed by atoms with E-state index in [-0.39, 0.29) is 23.8 Å². The number of hydrogen-bond acceptors (Lipinski definition) is 6. The lowest BCUT2D eigenvalue weighted by Gasteiger charge is -2.18. The van der Waals surface area contributed by atoms with Crippen LogP contribution in [0.1, 0.15) is 33.4 Å². The van der Waals surface area contributed by atoms with Crippen LogP contribution in [0, 0.1) is 5.92 Å². The zero-order valence-corrected chi connectivity index (χ0v) is 13.3. The number of hydrogen-bond donors (Lipinski definition) is 0. The van der Waals surface area contributed by atoms with Crippen LogP contribution in [0.4, 0.5) is 0 Å². The number of ether oxygens (including phenoxy) is 2. The Bertz CT molecular complexity index is 466. The highest BCUT2D eigenvalue weighted by molar-refractivity contribution is 6.29. The van der Waals surface area contributed by atoms with E-state index in [1.807, 2.05) is 0 Å². The van der Waals surface area contributed by atoms with E-state index in [1.165, 1.54) is 12.4 Å². The predicted molar refractivity (Wildman–Crippen MR) is 76.7 cm³/mol. The van der Waals surface area contributed by atoms with E-state index in [0.29, 0.717) is 5.69 Å². The van der Waals surface area contributed by atoms with Gasteiger partial charge in [-0.15, -0.1) is 0 Å². The molecule has 0 radical (unpaired) electrons. The molecule has 21 heavy (non-hydrogen) atoms. The average Bonchev–Trinajstić information content (AvgIpc) is 2.36. The van der Waals surface area contributed by atoms with Gasteiger partial charge < -0.3 is 9.47 Å². The van der Waals surface area contributed by atoms with E-state index < -0.39 is 17.9 Å². The first-order valence-corrected chi connectivity index (χ1v) is 7.04. The zero-order chi connectivity index (χ0) is 16.0. The van der Waals surface area contributed by atoms with Gasteiger partial charge in [-0.2, -0.15) is 0 Å². The molecule has 0 amide bonds. The molecule has 1 rings (SSSR count). The normalized spacial score (nSPS) is 11.0. The van der Waals surface area contributed by atoms with Crippen molar-refractivity contribution in [2.45, 2.75) is 46.3 Å². The molecule has 0 unspecified atom stereocenters. The van der Waals surface area contributed by atoms with Crippen LogP contribution in [-0.2, 0) is 25.5 Å². The Labute approximate surface area is 128 Å². The van der Waals surface area contributed by atoms with E-state index in [0.717, 1.165) is 0 Å². The Kier molecular flexibility index (Phi) is 6.55. The molecular weight excluding hydrogens is 296 g/mol. The van der Waals surface area contributed by atoms with E-state index in [1.54, 1.807) is 27.7 Å². The molecule has 6 nitrogen and oxygen atoms in total. The first-order chi connectivity index (χ1) is 9.79. The van der Waals surface area contributed by atoms with Crippen LogP contribution in [0.3, 0.4) is 0 Å². The van der Waals surface area contributed by atoms with Gasteiger partial charge in [0, 0.05) is 6.42 Å². The minimum absolute atomic E-state index is 0.0568. The van der Waals surface area contributed by atoms with Crippen molar-refractivity contribution in [1.82, 2.24) is 9.97 Å². The molecule has 0 saturated carbocycles. The molecule has 0 N–H and O–H groups in total. The average molecular weight is 315 g/mol. The number of carbonyl (C=O) groups excluding carboxylic acids is 2. The monoisotopic (exact) mass is 314 g/mol. The van der Waals surface area contributed by atoms with Crippen LogP contribution in [0.25, 0.3) is 0 Å². The first kappa shape index (κ1) is 17.4. The van der Waals surface area contributed by atoms with Gasteiger partial charge in [-0.1, -0.05) is 11.6 Å². The molecule has 0 aliphatic carbocycles. The molecule has 0 fully saturated rings. The van der Waals surface area contributed by atoms with Gasteiger partial charge in [0.05, 0.1) is 30.3 Å². The Balaban J connectivity index is 2.87. The number of esters is 2. The maximum absolute atomic E-state index is 12.1. The summed E-state index contributed by atoms with van der Waals surface area (Å²) in [4.78, 5) is 32.0. The highest BCUT2D eigenvalue weighted by Gasteiger charge is 2.31. The van der Waals surface area contributed by atoms with Crippen molar-refractivity contribution in [3.63, 3.8) is 0 Å². The molecule has 0 aromatic carbocycles. The summed E-state index contributed by atoms with van der Waals surface area (Å²) in [5, 5.41) is 0.241. The second-order valence-corrected chi connectivity index (χ2v) is 5.45. The van der Waals surface area contributed by atoms with Crippen molar-refractivity contribution in [3.8, 4) is 0 Å². The topological polar surface area (TPSA) is 78.4 Å². The van der Waals surface area contributed by atoms with Gasteiger partial charge >= 0.3 is 11.9 Å². The molecule has 1 heterocycles. The standard InChI is InChI=1S/C14H19ClN2O4/c1-8(2)20-13(18)11(14(19)21-9(3)4)5-10-6-17-12(15)7-16-10/h6-9,11H,5H2,1-4H3. The highest BCUT2D eigenvalue weighted by Crippen LogP contribution is 2.14. The van der Waals surface area contributed by atoms with Crippen LogP contribution >= 0.6 is 11.6 Å². The second-order valence-electron chi connectivity index (χ2n) is 5.06. The van der Waals surface area contributed by atoms with Crippen LogP contribution in [0.15, 0.2) is 12.4 Å². The van der Waals surface area contributed by atoms with Gasteiger partial charge in [0.2, 0.25) is 0 Å². The lowest BCUT2D eigenvalue weighted by Crippen LogP contribution is -2.33. The van der Waals surface area contributed by atoms with E-state index in [2.05, 4.69) is 9.97 Å². The number of halogens is 1. The predicted octanol–water partition coefficient (Wildman–Crippen LogP) is 2.19. The van der Waals surface area contributed by atoms with Crippen molar-refractivity contribution in [1.29, 1.82) is 0 Å². The molecule has 0 atom stereocenters. The fraction of sp³-hybridized carbons (Fsp3) is 0.571. The summed E-state index contributed by atoms with van der Waals surface area (Å²) in [6, 6.07) is 0. The van der Waals surface area contributed by atoms with Crippen LogP contribution < -0.4 is 0 Å². The maximum Gasteiger partial charge on any atom is 0.320 e. The first-order valence-electron chi connectivity index (χ1n) is 6.67. The third-order valence-electron chi connectivity index (χ3n) is 2.36. The van der Waals surface area contributed by atoms with Crippen LogP contribution in [0.5, 0.6) is 0 Å². The Hall–Kier alpha value is -1.69.